The highest BCUT2D eigenvalue weighted by Crippen LogP contribution is 2.54. The number of benzene rings is 1. The van der Waals surface area contributed by atoms with E-state index in [4.69, 9.17) is 4.42 Å². The molecular weight excluding hydrogens is 517 g/mol. The van der Waals surface area contributed by atoms with Gasteiger partial charge in [0.05, 0.1) is 16.8 Å². The molecule has 0 fully saturated rings. The van der Waals surface area contributed by atoms with Crippen molar-refractivity contribution in [1.29, 1.82) is 0 Å². The third-order valence-electron chi connectivity index (χ3n) is 5.32. The molecule has 1 aromatic carbocycles. The Morgan fingerprint density at radius 3 is 1.94 bits per heavy atom. The van der Waals surface area contributed by atoms with Crippen LogP contribution in [0.4, 0.5) is 41.4 Å². The molecule has 36 heavy (non-hydrogen) atoms. The van der Waals surface area contributed by atoms with Crippen LogP contribution in [0.15, 0.2) is 46.4 Å². The highest BCUT2D eigenvalue weighted by molar-refractivity contribution is 7.14. The van der Waals surface area contributed by atoms with Crippen molar-refractivity contribution < 1.29 is 44.7 Å². The number of alkyl halides is 7. The van der Waals surface area contributed by atoms with Gasteiger partial charge < -0.3 is 15.1 Å². The van der Waals surface area contributed by atoms with Gasteiger partial charge in [-0.2, -0.15) is 26.3 Å². The summed E-state index contributed by atoms with van der Waals surface area (Å²) in [5.41, 5.74) is -7.32. The van der Waals surface area contributed by atoms with Gasteiger partial charge in [0.25, 0.3) is 11.8 Å². The van der Waals surface area contributed by atoms with Crippen molar-refractivity contribution >= 4 is 33.8 Å². The molecule has 3 aromatic rings. The smallest absolute Gasteiger partial charge is 0.435 e. The number of aryl methyl sites for hydroxylation is 2. The Labute approximate surface area is 204 Å². The number of carbonyl (C=O) groups is 2. The molecule has 0 atom stereocenters. The van der Waals surface area contributed by atoms with Crippen LogP contribution >= 0.6 is 11.3 Å². The quantitative estimate of drug-likeness (QED) is 0.312. The first-order valence-corrected chi connectivity index (χ1v) is 11.3. The maximum absolute atomic E-state index is 14.7. The number of halogens is 7. The van der Waals surface area contributed by atoms with Crippen molar-refractivity contribution in [3.63, 3.8) is 0 Å². The molecule has 2 aromatic heterocycles. The van der Waals surface area contributed by atoms with E-state index in [-0.39, 0.29) is 41.0 Å². The Morgan fingerprint density at radius 1 is 0.889 bits per heavy atom. The minimum Gasteiger partial charge on any atom is -0.459 e. The summed E-state index contributed by atoms with van der Waals surface area (Å²) in [5.74, 6) is -1.24. The van der Waals surface area contributed by atoms with E-state index in [1.807, 2.05) is 0 Å². The van der Waals surface area contributed by atoms with Crippen LogP contribution in [0.25, 0.3) is 0 Å². The predicted octanol–water partition coefficient (Wildman–Crippen LogP) is 7.26. The van der Waals surface area contributed by atoms with E-state index >= 15 is 0 Å². The zero-order chi connectivity index (χ0) is 26.9. The normalized spacial score (nSPS) is 12.5. The molecule has 0 aliphatic rings. The molecule has 2 heterocycles. The van der Waals surface area contributed by atoms with Crippen molar-refractivity contribution in [2.24, 2.45) is 0 Å². The molecule has 0 saturated heterocycles. The van der Waals surface area contributed by atoms with E-state index in [1.54, 1.807) is 0 Å². The maximum atomic E-state index is 14.7. The summed E-state index contributed by atoms with van der Waals surface area (Å²) in [6, 6.07) is 5.23. The summed E-state index contributed by atoms with van der Waals surface area (Å²) in [5, 5.41) is 6.73. The Bertz CT molecular complexity index is 1210. The number of hydrogen-bond donors (Lipinski definition) is 2. The minimum absolute atomic E-state index is 0.00665. The van der Waals surface area contributed by atoms with Crippen LogP contribution in [0, 0.1) is 0 Å². The lowest BCUT2D eigenvalue weighted by molar-refractivity contribution is -0.348. The molecule has 194 valence electrons. The minimum atomic E-state index is -6.25. The first-order chi connectivity index (χ1) is 16.7. The van der Waals surface area contributed by atoms with E-state index in [1.165, 1.54) is 43.7 Å². The average molecular weight is 536 g/mol. The number of rotatable bonds is 7. The van der Waals surface area contributed by atoms with Crippen LogP contribution in [-0.2, 0) is 18.5 Å². The number of hydrogen-bond acceptors (Lipinski definition) is 4. The highest BCUT2D eigenvalue weighted by atomic mass is 32.1. The number of amides is 2. The van der Waals surface area contributed by atoms with E-state index in [0.717, 1.165) is 11.3 Å². The summed E-state index contributed by atoms with van der Waals surface area (Å²) in [6.45, 7) is 2.89. The van der Waals surface area contributed by atoms with Gasteiger partial charge in [0.1, 0.15) is 0 Å². The second-order valence-corrected chi connectivity index (χ2v) is 8.53. The van der Waals surface area contributed by atoms with Gasteiger partial charge in [-0.15, -0.1) is 11.3 Å². The van der Waals surface area contributed by atoms with Gasteiger partial charge in [0.2, 0.25) is 0 Å². The lowest BCUT2D eigenvalue weighted by atomic mass is 9.88. The van der Waals surface area contributed by atoms with E-state index < -0.39 is 35.4 Å². The fraction of sp³-hybridized carbons (Fsp3) is 0.304. The molecule has 0 saturated carbocycles. The van der Waals surface area contributed by atoms with Crippen molar-refractivity contribution in [2.75, 3.05) is 10.6 Å². The van der Waals surface area contributed by atoms with Gasteiger partial charge in [0.15, 0.2) is 5.76 Å². The average Bonchev–Trinajstić information content (AvgIpc) is 3.49. The Balaban J connectivity index is 1.92. The molecule has 0 bridgehead atoms. The van der Waals surface area contributed by atoms with Crippen molar-refractivity contribution in [3.8, 4) is 0 Å². The first-order valence-electron chi connectivity index (χ1n) is 10.5. The molecular formula is C23H19F7N2O3S. The second kappa shape index (κ2) is 9.96. The topological polar surface area (TPSA) is 71.3 Å². The molecule has 0 spiro atoms. The van der Waals surface area contributed by atoms with Crippen LogP contribution in [0.5, 0.6) is 0 Å². The highest BCUT2D eigenvalue weighted by Gasteiger charge is 2.73. The number of furan rings is 1. The van der Waals surface area contributed by atoms with Crippen LogP contribution in [0.1, 0.15) is 51.5 Å². The van der Waals surface area contributed by atoms with Gasteiger partial charge in [-0.3, -0.25) is 9.59 Å². The fourth-order valence-electron chi connectivity index (χ4n) is 3.46. The zero-order valence-corrected chi connectivity index (χ0v) is 19.6. The van der Waals surface area contributed by atoms with Gasteiger partial charge in [0, 0.05) is 16.6 Å². The largest absolute Gasteiger partial charge is 0.459 e. The lowest BCUT2D eigenvalue weighted by Crippen LogP contribution is -2.50. The molecule has 2 N–H and O–H groups in total. The molecule has 3 rings (SSSR count). The molecule has 5 nitrogen and oxygen atoms in total. The van der Waals surface area contributed by atoms with Gasteiger partial charge in [-0.05, 0) is 54.3 Å². The zero-order valence-electron chi connectivity index (χ0n) is 18.7. The Hall–Kier alpha value is -3.35. The van der Waals surface area contributed by atoms with Crippen molar-refractivity contribution in [2.45, 2.75) is 44.7 Å². The lowest BCUT2D eigenvalue weighted by Gasteiger charge is -2.31. The third-order valence-corrected chi connectivity index (χ3v) is 6.17. The van der Waals surface area contributed by atoms with Gasteiger partial charge in [-0.1, -0.05) is 13.8 Å². The SMILES string of the molecule is CCc1cc(C(F)(C(F)(F)F)C(F)(F)F)cc(CC)c1NC(=O)c1csc(NC(=O)c2ccco2)c1. The van der Waals surface area contributed by atoms with Crippen molar-refractivity contribution in [3.05, 3.63) is 70.0 Å². The van der Waals surface area contributed by atoms with Crippen molar-refractivity contribution in [1.82, 2.24) is 0 Å². The number of nitrogens with one attached hydrogen (secondary N) is 2. The second-order valence-electron chi connectivity index (χ2n) is 7.62. The molecule has 13 heteroatoms. The summed E-state index contributed by atoms with van der Waals surface area (Å²) in [7, 11) is 0. The summed E-state index contributed by atoms with van der Waals surface area (Å²) in [4.78, 5) is 24.9. The van der Waals surface area contributed by atoms with E-state index in [2.05, 4.69) is 10.6 Å². The first kappa shape index (κ1) is 27.2. The van der Waals surface area contributed by atoms with E-state index in [0.29, 0.717) is 17.1 Å². The molecule has 0 aliphatic carbocycles. The van der Waals surface area contributed by atoms with Crippen LogP contribution < -0.4 is 10.6 Å². The van der Waals surface area contributed by atoms with Gasteiger partial charge in [-0.25, -0.2) is 4.39 Å². The Kier molecular flexibility index (Phi) is 7.53. The third kappa shape index (κ3) is 5.11. The summed E-state index contributed by atoms with van der Waals surface area (Å²) < 4.78 is 99.3. The summed E-state index contributed by atoms with van der Waals surface area (Å²) >= 11 is 1.01. The monoisotopic (exact) mass is 536 g/mol. The standard InChI is InChI=1S/C23H19F7N2O3S/c1-3-12-8-15(21(24,22(25,26)27)23(28,29)30)9-13(4-2)18(12)32-19(33)14-10-17(36-11-14)31-20(34)16-6-5-7-35-16/h5-11H,3-4H2,1-2H3,(H,31,34)(H,32,33). The number of carbonyl (C=O) groups excluding carboxylic acids is 2. The number of anilines is 2. The molecule has 0 unspecified atom stereocenters. The molecule has 2 amide bonds. The predicted molar refractivity (Wildman–Crippen MR) is 119 cm³/mol. The van der Waals surface area contributed by atoms with Crippen LogP contribution in [-0.4, -0.2) is 24.2 Å². The Morgan fingerprint density at radius 2 is 1.47 bits per heavy atom. The number of thiophene rings is 1. The fourth-order valence-corrected chi connectivity index (χ4v) is 4.24. The molecule has 0 aliphatic heterocycles. The maximum Gasteiger partial charge on any atom is 0.435 e. The van der Waals surface area contributed by atoms with E-state index in [9.17, 15) is 40.3 Å². The summed E-state index contributed by atoms with van der Waals surface area (Å²) in [6.07, 6.45) is -11.4. The van der Waals surface area contributed by atoms with Gasteiger partial charge >= 0.3 is 18.0 Å². The molecule has 0 radical (unpaired) electrons. The van der Waals surface area contributed by atoms with Crippen LogP contribution in [0.2, 0.25) is 0 Å². The van der Waals surface area contributed by atoms with Crippen LogP contribution in [0.3, 0.4) is 0 Å².